The summed E-state index contributed by atoms with van der Waals surface area (Å²) in [7, 11) is 0. The molecule has 31 heavy (non-hydrogen) atoms. The fraction of sp³-hybridized carbons (Fsp3) is 0.0385. The lowest BCUT2D eigenvalue weighted by molar-refractivity contribution is -0.00243. The molecule has 0 saturated carbocycles. The molecule has 2 aliphatic rings. The molecule has 5 heteroatoms. The molecule has 0 fully saturated rings. The van der Waals surface area contributed by atoms with Gasteiger partial charge in [-0.05, 0) is 51.0 Å². The summed E-state index contributed by atoms with van der Waals surface area (Å²) in [5, 5.41) is 3.89. The van der Waals surface area contributed by atoms with Crippen LogP contribution in [-0.4, -0.2) is 10.5 Å². The highest BCUT2D eigenvalue weighted by Gasteiger charge is 2.30. The van der Waals surface area contributed by atoms with Gasteiger partial charge in [0.25, 0.3) is 0 Å². The molecule has 0 N–H and O–H groups in total. The molecule has 4 aromatic rings. The molecule has 0 spiro atoms. The summed E-state index contributed by atoms with van der Waals surface area (Å²) >= 11 is 0. The lowest BCUT2D eigenvalue weighted by atomic mass is 10.1. The van der Waals surface area contributed by atoms with Crippen LogP contribution in [0.15, 0.2) is 102 Å². The summed E-state index contributed by atoms with van der Waals surface area (Å²) in [6, 6.07) is 31.9. The summed E-state index contributed by atoms with van der Waals surface area (Å²) in [5.41, 5.74) is 27.2. The smallest absolute Gasteiger partial charge is 0.330 e. The average molecular weight is 399 g/mol. The Hall–Kier alpha value is -4.43. The van der Waals surface area contributed by atoms with Crippen molar-refractivity contribution in [3.8, 4) is 22.3 Å². The number of rotatable bonds is 1. The van der Waals surface area contributed by atoms with Crippen molar-refractivity contribution < 1.29 is 4.79 Å². The van der Waals surface area contributed by atoms with Gasteiger partial charge in [0.1, 0.15) is 0 Å². The molecular formula is C26H17N5. The molecule has 0 radical (unpaired) electrons. The molecule has 0 atom stereocenters. The third-order valence-corrected chi connectivity index (χ3v) is 5.72. The highest BCUT2D eigenvalue weighted by Crippen LogP contribution is 2.45. The van der Waals surface area contributed by atoms with Gasteiger partial charge in [0, 0.05) is 4.91 Å². The van der Waals surface area contributed by atoms with Crippen LogP contribution in [0, 0.1) is 0 Å². The first-order chi connectivity index (χ1) is 15.3. The zero-order chi connectivity index (χ0) is 21.2. The van der Waals surface area contributed by atoms with Crippen LogP contribution in [0.2, 0.25) is 0 Å². The zero-order valence-electron chi connectivity index (χ0n) is 16.6. The van der Waals surface area contributed by atoms with Gasteiger partial charge in [0.15, 0.2) is 0 Å². The first-order valence-corrected chi connectivity index (χ1v) is 9.97. The van der Waals surface area contributed by atoms with Crippen LogP contribution in [0.1, 0.15) is 28.3 Å². The molecule has 5 nitrogen and oxygen atoms in total. The molecule has 0 saturated heterocycles. The quantitative estimate of drug-likeness (QED) is 0.169. The zero-order valence-corrected chi connectivity index (χ0v) is 16.6. The van der Waals surface area contributed by atoms with Gasteiger partial charge in [-0.25, -0.2) is 0 Å². The number of hydrogen-bond donors (Lipinski definition) is 0. The van der Waals surface area contributed by atoms with Crippen molar-refractivity contribution in [2.45, 2.75) is 6.04 Å². The Kier molecular flexibility index (Phi) is 4.66. The van der Waals surface area contributed by atoms with Crippen molar-refractivity contribution in [1.82, 2.24) is 0 Å². The van der Waals surface area contributed by atoms with E-state index in [1.54, 1.807) is 0 Å². The van der Waals surface area contributed by atoms with Gasteiger partial charge in [-0.2, -0.15) is 4.79 Å². The SMILES string of the molecule is [N-]=[N+]=C1c2ccccc2-c2ccccc21.[N-]=[N+]=NC1c2ccccc2-c2ccccc21. The number of nitrogens with zero attached hydrogens (tertiary/aromatic N) is 5. The topological polar surface area (TPSA) is 85.2 Å². The van der Waals surface area contributed by atoms with E-state index in [0.717, 1.165) is 33.4 Å². The molecular weight excluding hydrogens is 382 g/mol. The maximum Gasteiger partial charge on any atom is 0.330 e. The molecule has 2 aliphatic carbocycles. The van der Waals surface area contributed by atoms with Gasteiger partial charge in [-0.1, -0.05) is 90.0 Å². The van der Waals surface area contributed by atoms with Crippen LogP contribution in [0.5, 0.6) is 0 Å². The van der Waals surface area contributed by atoms with E-state index in [9.17, 15) is 0 Å². The summed E-state index contributed by atoms with van der Waals surface area (Å²) in [4.78, 5) is 6.33. The van der Waals surface area contributed by atoms with Gasteiger partial charge in [-0.15, -0.1) is 0 Å². The minimum absolute atomic E-state index is 0.169. The van der Waals surface area contributed by atoms with Crippen molar-refractivity contribution in [3.05, 3.63) is 135 Å². The van der Waals surface area contributed by atoms with Crippen LogP contribution in [0.25, 0.3) is 38.2 Å². The molecule has 0 aromatic heterocycles. The standard InChI is InChI=1S/C13H9N3.C13H8N2/c14-16-15-13-11-7-3-1-5-9(11)10-6-2-4-8-12(10)13;14-15-13-11-7-3-1-5-9(11)10-6-2-4-8-12(10)13/h1-8,13H;1-8H. The molecule has 0 amide bonds. The molecule has 6 rings (SSSR count). The normalized spacial score (nSPS) is 12.3. The van der Waals surface area contributed by atoms with Crippen molar-refractivity contribution in [1.29, 1.82) is 0 Å². The molecule has 0 bridgehead atoms. The lowest BCUT2D eigenvalue weighted by Gasteiger charge is -2.04. The van der Waals surface area contributed by atoms with Crippen LogP contribution < -0.4 is 0 Å². The third-order valence-electron chi connectivity index (χ3n) is 5.72. The highest BCUT2D eigenvalue weighted by molar-refractivity contribution is 6.21. The predicted molar refractivity (Wildman–Crippen MR) is 122 cm³/mol. The summed E-state index contributed by atoms with van der Waals surface area (Å²) in [6.45, 7) is 0. The van der Waals surface area contributed by atoms with E-state index in [1.807, 2.05) is 84.9 Å². The first-order valence-electron chi connectivity index (χ1n) is 9.97. The second-order valence-corrected chi connectivity index (χ2v) is 7.32. The lowest BCUT2D eigenvalue weighted by Crippen LogP contribution is -1.98. The van der Waals surface area contributed by atoms with Crippen LogP contribution in [0.4, 0.5) is 0 Å². The Morgan fingerprint density at radius 3 is 1.32 bits per heavy atom. The van der Waals surface area contributed by atoms with Crippen molar-refractivity contribution in [2.24, 2.45) is 5.11 Å². The monoisotopic (exact) mass is 399 g/mol. The largest absolute Gasteiger partial charge is 0.361 e. The Morgan fingerprint density at radius 2 is 0.903 bits per heavy atom. The first kappa shape index (κ1) is 18.6. The summed E-state index contributed by atoms with van der Waals surface area (Å²) in [6.07, 6.45) is 0. The van der Waals surface area contributed by atoms with Gasteiger partial charge in [-0.3, -0.25) is 0 Å². The van der Waals surface area contributed by atoms with E-state index in [-0.39, 0.29) is 6.04 Å². The highest BCUT2D eigenvalue weighted by atomic mass is 15.1. The fourth-order valence-corrected chi connectivity index (χ4v) is 4.41. The van der Waals surface area contributed by atoms with Crippen LogP contribution >= 0.6 is 0 Å². The molecule has 0 aliphatic heterocycles. The molecule has 0 heterocycles. The van der Waals surface area contributed by atoms with Crippen molar-refractivity contribution >= 4 is 5.71 Å². The predicted octanol–water partition coefficient (Wildman–Crippen LogP) is 6.80. The number of fused-ring (bicyclic) bond motifs is 6. The van der Waals surface area contributed by atoms with E-state index in [4.69, 9.17) is 11.1 Å². The Bertz CT molecular complexity index is 1320. The third kappa shape index (κ3) is 3.02. The van der Waals surface area contributed by atoms with Crippen molar-refractivity contribution in [2.75, 3.05) is 0 Å². The second kappa shape index (κ2) is 7.77. The maximum absolute atomic E-state index is 9.05. The summed E-state index contributed by atoms with van der Waals surface area (Å²) in [5.74, 6) is 0. The van der Waals surface area contributed by atoms with E-state index in [0.29, 0.717) is 5.71 Å². The molecule has 4 aromatic carbocycles. The number of hydrogen-bond acceptors (Lipinski definition) is 1. The summed E-state index contributed by atoms with van der Waals surface area (Å²) < 4.78 is 0. The van der Waals surface area contributed by atoms with Gasteiger partial charge >= 0.3 is 5.71 Å². The van der Waals surface area contributed by atoms with Gasteiger partial charge < -0.3 is 5.53 Å². The van der Waals surface area contributed by atoms with Gasteiger partial charge in [0.05, 0.1) is 17.2 Å². The minimum Gasteiger partial charge on any atom is -0.361 e. The van der Waals surface area contributed by atoms with Gasteiger partial charge in [0.2, 0.25) is 0 Å². The van der Waals surface area contributed by atoms with E-state index < -0.39 is 0 Å². The average Bonchev–Trinajstić information content (AvgIpc) is 3.33. The van der Waals surface area contributed by atoms with Crippen molar-refractivity contribution in [3.63, 3.8) is 0 Å². The van der Waals surface area contributed by atoms with E-state index in [2.05, 4.69) is 26.9 Å². The van der Waals surface area contributed by atoms with Crippen LogP contribution in [0.3, 0.4) is 0 Å². The molecule has 146 valence electrons. The van der Waals surface area contributed by atoms with E-state index in [1.165, 1.54) is 11.1 Å². The Labute approximate surface area is 179 Å². The Morgan fingerprint density at radius 1 is 0.516 bits per heavy atom. The fourth-order valence-electron chi connectivity index (χ4n) is 4.41. The van der Waals surface area contributed by atoms with E-state index >= 15 is 0 Å². The second-order valence-electron chi connectivity index (χ2n) is 7.32. The number of benzene rings is 4. The maximum atomic E-state index is 9.05. The van der Waals surface area contributed by atoms with Crippen LogP contribution in [-0.2, 0) is 0 Å². The Balaban J connectivity index is 0.000000132. The molecule has 0 unspecified atom stereocenters. The number of azide groups is 1. The minimum atomic E-state index is -0.169.